The third-order valence-electron chi connectivity index (χ3n) is 1.50. The minimum absolute atomic E-state index is 0.0485. The predicted octanol–water partition coefficient (Wildman–Crippen LogP) is 2.42. The van der Waals surface area contributed by atoms with Crippen LogP contribution < -0.4 is 11.1 Å². The second-order valence-corrected chi connectivity index (χ2v) is 3.10. The molecule has 7 heteroatoms. The first kappa shape index (κ1) is 11.6. The summed E-state index contributed by atoms with van der Waals surface area (Å²) in [5.41, 5.74) is 5.49. The molecular formula is C8H6ClF3N2O. The van der Waals surface area contributed by atoms with Crippen molar-refractivity contribution < 1.29 is 18.0 Å². The quantitative estimate of drug-likeness (QED) is 0.739. The standard InChI is InChI=1S/C8H6ClF3N2O/c9-5-3-4(13)1-2-6(5)14-7(15)8(10,11)12/h1-3H,13H2,(H,14,15). The smallest absolute Gasteiger partial charge is 0.399 e. The van der Waals surface area contributed by atoms with Gasteiger partial charge in [0.1, 0.15) is 0 Å². The van der Waals surface area contributed by atoms with Gasteiger partial charge in [-0.15, -0.1) is 0 Å². The van der Waals surface area contributed by atoms with E-state index in [0.717, 1.165) is 0 Å². The maximum atomic E-state index is 11.9. The van der Waals surface area contributed by atoms with Crippen molar-refractivity contribution in [1.29, 1.82) is 0 Å². The molecule has 1 aromatic carbocycles. The molecule has 0 saturated heterocycles. The van der Waals surface area contributed by atoms with Crippen molar-refractivity contribution in [3.8, 4) is 0 Å². The molecular weight excluding hydrogens is 233 g/mol. The minimum Gasteiger partial charge on any atom is -0.399 e. The van der Waals surface area contributed by atoms with E-state index in [0.29, 0.717) is 5.69 Å². The minimum atomic E-state index is -4.94. The number of anilines is 2. The average Bonchev–Trinajstić information content (AvgIpc) is 2.08. The zero-order chi connectivity index (χ0) is 11.6. The normalized spacial score (nSPS) is 11.2. The molecule has 0 aliphatic rings. The Kier molecular flexibility index (Phi) is 3.09. The van der Waals surface area contributed by atoms with Crippen molar-refractivity contribution >= 4 is 28.9 Å². The van der Waals surface area contributed by atoms with E-state index >= 15 is 0 Å². The SMILES string of the molecule is Nc1ccc(NC(=O)C(F)(F)F)c(Cl)c1. The van der Waals surface area contributed by atoms with E-state index in [9.17, 15) is 18.0 Å². The van der Waals surface area contributed by atoms with Crippen molar-refractivity contribution in [1.82, 2.24) is 0 Å². The second kappa shape index (κ2) is 3.98. The molecule has 3 N–H and O–H groups in total. The predicted molar refractivity (Wildman–Crippen MR) is 50.5 cm³/mol. The van der Waals surface area contributed by atoms with Crippen molar-refractivity contribution in [2.45, 2.75) is 6.18 Å². The molecule has 3 nitrogen and oxygen atoms in total. The zero-order valence-electron chi connectivity index (χ0n) is 7.23. The molecule has 0 aliphatic heterocycles. The topological polar surface area (TPSA) is 55.1 Å². The van der Waals surface area contributed by atoms with Crippen LogP contribution in [-0.2, 0) is 4.79 Å². The summed E-state index contributed by atoms with van der Waals surface area (Å²) in [6.07, 6.45) is -4.94. The number of hydrogen-bond donors (Lipinski definition) is 2. The van der Waals surface area contributed by atoms with Gasteiger partial charge in [-0.3, -0.25) is 4.79 Å². The number of halogens is 4. The number of carbonyl (C=O) groups is 1. The molecule has 0 fully saturated rings. The second-order valence-electron chi connectivity index (χ2n) is 2.69. The van der Waals surface area contributed by atoms with E-state index in [1.165, 1.54) is 18.2 Å². The highest BCUT2D eigenvalue weighted by molar-refractivity contribution is 6.34. The summed E-state index contributed by atoms with van der Waals surface area (Å²) in [6.45, 7) is 0. The van der Waals surface area contributed by atoms with Crippen molar-refractivity contribution in [2.75, 3.05) is 11.1 Å². The third-order valence-corrected chi connectivity index (χ3v) is 1.81. The lowest BCUT2D eigenvalue weighted by Crippen LogP contribution is -2.30. The van der Waals surface area contributed by atoms with E-state index in [1.54, 1.807) is 5.32 Å². The lowest BCUT2D eigenvalue weighted by molar-refractivity contribution is -0.167. The van der Waals surface area contributed by atoms with Crippen LogP contribution in [0.15, 0.2) is 18.2 Å². The summed E-state index contributed by atoms with van der Waals surface area (Å²) < 4.78 is 35.6. The number of benzene rings is 1. The number of nitrogens with one attached hydrogen (secondary N) is 1. The number of amides is 1. The molecule has 0 heterocycles. The molecule has 1 aromatic rings. The summed E-state index contributed by atoms with van der Waals surface area (Å²) in [6, 6.07) is 3.77. The number of nitrogens with two attached hydrogens (primary N) is 1. The molecule has 0 atom stereocenters. The Morgan fingerprint density at radius 3 is 2.47 bits per heavy atom. The molecule has 0 bridgehead atoms. The van der Waals surface area contributed by atoms with Gasteiger partial charge in [0.2, 0.25) is 0 Å². The highest BCUT2D eigenvalue weighted by atomic mass is 35.5. The van der Waals surface area contributed by atoms with Crippen LogP contribution in [0, 0.1) is 0 Å². The van der Waals surface area contributed by atoms with Crippen LogP contribution >= 0.6 is 11.6 Å². The lowest BCUT2D eigenvalue weighted by atomic mass is 10.3. The van der Waals surface area contributed by atoms with Gasteiger partial charge in [0.25, 0.3) is 0 Å². The molecule has 82 valence electrons. The Bertz CT molecular complexity index is 392. The van der Waals surface area contributed by atoms with Gasteiger partial charge in [-0.1, -0.05) is 11.6 Å². The van der Waals surface area contributed by atoms with Crippen LogP contribution in [0.4, 0.5) is 24.5 Å². The van der Waals surface area contributed by atoms with Crippen LogP contribution in [-0.4, -0.2) is 12.1 Å². The summed E-state index contributed by atoms with van der Waals surface area (Å²) >= 11 is 5.56. The highest BCUT2D eigenvalue weighted by Crippen LogP contribution is 2.26. The van der Waals surface area contributed by atoms with E-state index < -0.39 is 12.1 Å². The summed E-state index contributed by atoms with van der Waals surface area (Å²) in [5, 5.41) is 1.58. The molecule has 15 heavy (non-hydrogen) atoms. The molecule has 0 aliphatic carbocycles. The maximum Gasteiger partial charge on any atom is 0.471 e. The van der Waals surface area contributed by atoms with Gasteiger partial charge < -0.3 is 11.1 Å². The van der Waals surface area contributed by atoms with Crippen molar-refractivity contribution in [3.63, 3.8) is 0 Å². The Hall–Kier alpha value is -1.43. The van der Waals surface area contributed by atoms with Gasteiger partial charge in [0, 0.05) is 5.69 Å². The third kappa shape index (κ3) is 3.02. The van der Waals surface area contributed by atoms with E-state index in [-0.39, 0.29) is 10.7 Å². The molecule has 1 rings (SSSR count). The highest BCUT2D eigenvalue weighted by Gasteiger charge is 2.38. The zero-order valence-corrected chi connectivity index (χ0v) is 7.99. The number of alkyl halides is 3. The molecule has 0 aromatic heterocycles. The Balaban J connectivity index is 2.87. The maximum absolute atomic E-state index is 11.9. The van der Waals surface area contributed by atoms with Crippen LogP contribution in [0.5, 0.6) is 0 Å². The Labute approximate surface area is 88.0 Å². The average molecular weight is 239 g/mol. The molecule has 0 spiro atoms. The largest absolute Gasteiger partial charge is 0.471 e. The first-order chi connectivity index (χ1) is 6.80. The van der Waals surface area contributed by atoms with Gasteiger partial charge in [0.15, 0.2) is 0 Å². The van der Waals surface area contributed by atoms with E-state index in [1.807, 2.05) is 0 Å². The first-order valence-corrected chi connectivity index (χ1v) is 4.11. The fourth-order valence-corrected chi connectivity index (χ4v) is 1.06. The van der Waals surface area contributed by atoms with Crippen LogP contribution in [0.2, 0.25) is 5.02 Å². The number of rotatable bonds is 1. The Morgan fingerprint density at radius 2 is 2.00 bits per heavy atom. The fourth-order valence-electron chi connectivity index (χ4n) is 0.826. The summed E-state index contributed by atoms with van der Waals surface area (Å²) in [5.74, 6) is -2.07. The Morgan fingerprint density at radius 1 is 1.40 bits per heavy atom. The van der Waals surface area contributed by atoms with Gasteiger partial charge in [-0.25, -0.2) is 0 Å². The number of carbonyl (C=O) groups excluding carboxylic acids is 1. The van der Waals surface area contributed by atoms with Crippen LogP contribution in [0.3, 0.4) is 0 Å². The van der Waals surface area contributed by atoms with Crippen molar-refractivity contribution in [3.05, 3.63) is 23.2 Å². The van der Waals surface area contributed by atoms with E-state index in [2.05, 4.69) is 0 Å². The summed E-state index contributed by atoms with van der Waals surface area (Å²) in [4.78, 5) is 10.5. The summed E-state index contributed by atoms with van der Waals surface area (Å²) in [7, 11) is 0. The number of hydrogen-bond acceptors (Lipinski definition) is 2. The molecule has 0 unspecified atom stereocenters. The molecule has 0 radical (unpaired) electrons. The van der Waals surface area contributed by atoms with Crippen LogP contribution in [0.25, 0.3) is 0 Å². The lowest BCUT2D eigenvalue weighted by Gasteiger charge is -2.09. The van der Waals surface area contributed by atoms with Gasteiger partial charge in [0.05, 0.1) is 10.7 Å². The van der Waals surface area contributed by atoms with Crippen molar-refractivity contribution in [2.24, 2.45) is 0 Å². The molecule has 0 saturated carbocycles. The van der Waals surface area contributed by atoms with Gasteiger partial charge in [-0.05, 0) is 18.2 Å². The fraction of sp³-hybridized carbons (Fsp3) is 0.125. The van der Waals surface area contributed by atoms with E-state index in [4.69, 9.17) is 17.3 Å². The monoisotopic (exact) mass is 238 g/mol. The van der Waals surface area contributed by atoms with Gasteiger partial charge >= 0.3 is 12.1 Å². The van der Waals surface area contributed by atoms with Crippen LogP contribution in [0.1, 0.15) is 0 Å². The number of nitrogen functional groups attached to an aromatic ring is 1. The molecule has 1 amide bonds. The van der Waals surface area contributed by atoms with Gasteiger partial charge in [-0.2, -0.15) is 13.2 Å². The first-order valence-electron chi connectivity index (χ1n) is 3.74.